The lowest BCUT2D eigenvalue weighted by Gasteiger charge is -2.07. The monoisotopic (exact) mass is 469 g/mol. The van der Waals surface area contributed by atoms with Gasteiger partial charge in [-0.1, -0.05) is 11.6 Å². The number of halogens is 2. The number of nitrogens with zero attached hydrogens (tertiary/aromatic N) is 1. The molecular formula is C18H13ClINO4. The van der Waals surface area contributed by atoms with Crippen molar-refractivity contribution in [3.63, 3.8) is 0 Å². The SMILES string of the molecule is COc1ccc(OC)c(C=C2N=C(c3cc(I)ccc3Cl)OC2=O)c1. The summed E-state index contributed by atoms with van der Waals surface area (Å²) < 4.78 is 16.8. The average Bonchev–Trinajstić information content (AvgIpc) is 2.97. The van der Waals surface area contributed by atoms with Crippen LogP contribution < -0.4 is 9.47 Å². The number of carbonyl (C=O) groups is 1. The van der Waals surface area contributed by atoms with E-state index in [-0.39, 0.29) is 11.6 Å². The van der Waals surface area contributed by atoms with E-state index < -0.39 is 5.97 Å². The fraction of sp³-hybridized carbons (Fsp3) is 0.111. The molecule has 0 aliphatic carbocycles. The van der Waals surface area contributed by atoms with Gasteiger partial charge in [0.1, 0.15) is 11.5 Å². The van der Waals surface area contributed by atoms with Crippen molar-refractivity contribution in [2.75, 3.05) is 14.2 Å². The van der Waals surface area contributed by atoms with Gasteiger partial charge < -0.3 is 14.2 Å². The first-order valence-corrected chi connectivity index (χ1v) is 8.67. The van der Waals surface area contributed by atoms with E-state index in [0.29, 0.717) is 27.6 Å². The van der Waals surface area contributed by atoms with Crippen LogP contribution >= 0.6 is 34.2 Å². The van der Waals surface area contributed by atoms with Crippen molar-refractivity contribution in [2.45, 2.75) is 0 Å². The molecule has 0 aromatic heterocycles. The first-order chi connectivity index (χ1) is 12.0. The van der Waals surface area contributed by atoms with E-state index in [4.69, 9.17) is 25.8 Å². The van der Waals surface area contributed by atoms with E-state index in [1.807, 2.05) is 12.1 Å². The van der Waals surface area contributed by atoms with Crippen LogP contribution in [0, 0.1) is 3.57 Å². The first kappa shape index (κ1) is 17.8. The van der Waals surface area contributed by atoms with Crippen LogP contribution in [0.4, 0.5) is 0 Å². The van der Waals surface area contributed by atoms with Crippen LogP contribution in [0.25, 0.3) is 6.08 Å². The predicted octanol–water partition coefficient (Wildman–Crippen LogP) is 4.31. The van der Waals surface area contributed by atoms with Crippen LogP contribution in [0.3, 0.4) is 0 Å². The maximum Gasteiger partial charge on any atom is 0.363 e. The molecule has 2 aromatic carbocycles. The van der Waals surface area contributed by atoms with Gasteiger partial charge in [-0.25, -0.2) is 9.79 Å². The number of ether oxygens (including phenoxy) is 3. The lowest BCUT2D eigenvalue weighted by molar-refractivity contribution is -0.129. The number of esters is 1. The second kappa shape index (κ2) is 7.45. The summed E-state index contributed by atoms with van der Waals surface area (Å²) in [5, 5.41) is 0.465. The van der Waals surface area contributed by atoms with Crippen molar-refractivity contribution in [1.29, 1.82) is 0 Å². The summed E-state index contributed by atoms with van der Waals surface area (Å²) >= 11 is 8.34. The molecule has 7 heteroatoms. The van der Waals surface area contributed by atoms with Gasteiger partial charge in [-0.3, -0.25) is 0 Å². The number of methoxy groups -OCH3 is 2. The zero-order chi connectivity index (χ0) is 18.0. The molecule has 3 rings (SSSR count). The quantitative estimate of drug-likeness (QED) is 0.380. The van der Waals surface area contributed by atoms with Crippen LogP contribution in [0.15, 0.2) is 47.1 Å². The lowest BCUT2D eigenvalue weighted by Crippen LogP contribution is -2.06. The number of aliphatic imine (C=N–C) groups is 1. The number of rotatable bonds is 4. The Morgan fingerprint density at radius 2 is 1.96 bits per heavy atom. The summed E-state index contributed by atoms with van der Waals surface area (Å²) in [7, 11) is 3.12. The molecule has 0 unspecified atom stereocenters. The maximum atomic E-state index is 12.2. The maximum absolute atomic E-state index is 12.2. The van der Waals surface area contributed by atoms with Crippen LogP contribution in [-0.4, -0.2) is 26.1 Å². The van der Waals surface area contributed by atoms with E-state index in [0.717, 1.165) is 3.57 Å². The predicted molar refractivity (Wildman–Crippen MR) is 104 cm³/mol. The zero-order valence-corrected chi connectivity index (χ0v) is 16.3. The molecule has 0 bridgehead atoms. The molecular weight excluding hydrogens is 457 g/mol. The number of hydrogen-bond acceptors (Lipinski definition) is 5. The summed E-state index contributed by atoms with van der Waals surface area (Å²) in [4.78, 5) is 16.5. The van der Waals surface area contributed by atoms with Gasteiger partial charge in [0, 0.05) is 9.13 Å². The fourth-order valence-electron chi connectivity index (χ4n) is 2.29. The van der Waals surface area contributed by atoms with Crippen LogP contribution in [0.1, 0.15) is 11.1 Å². The second-order valence-corrected chi connectivity index (χ2v) is 6.72. The Bertz CT molecular complexity index is 908. The molecule has 0 saturated carbocycles. The lowest BCUT2D eigenvalue weighted by atomic mass is 10.1. The van der Waals surface area contributed by atoms with Gasteiger partial charge in [-0.2, -0.15) is 0 Å². The highest BCUT2D eigenvalue weighted by Crippen LogP contribution is 2.29. The Morgan fingerprint density at radius 1 is 1.16 bits per heavy atom. The highest BCUT2D eigenvalue weighted by Gasteiger charge is 2.26. The number of benzene rings is 2. The van der Waals surface area contributed by atoms with Crippen LogP contribution in [0.5, 0.6) is 11.5 Å². The van der Waals surface area contributed by atoms with Crippen molar-refractivity contribution >= 4 is 52.1 Å². The van der Waals surface area contributed by atoms with Crippen molar-refractivity contribution in [1.82, 2.24) is 0 Å². The molecule has 1 heterocycles. The third-order valence-electron chi connectivity index (χ3n) is 3.51. The van der Waals surface area contributed by atoms with Gasteiger partial charge in [0.15, 0.2) is 5.70 Å². The third kappa shape index (κ3) is 3.80. The molecule has 0 atom stereocenters. The van der Waals surface area contributed by atoms with Crippen molar-refractivity contribution in [3.05, 3.63) is 61.8 Å². The smallest absolute Gasteiger partial charge is 0.363 e. The van der Waals surface area contributed by atoms with Crippen LogP contribution in [-0.2, 0) is 9.53 Å². The van der Waals surface area contributed by atoms with Crippen molar-refractivity contribution in [3.8, 4) is 11.5 Å². The summed E-state index contributed by atoms with van der Waals surface area (Å²) in [5.41, 5.74) is 1.40. The van der Waals surface area contributed by atoms with Gasteiger partial charge in [0.05, 0.1) is 24.8 Å². The number of hydrogen-bond donors (Lipinski definition) is 0. The topological polar surface area (TPSA) is 57.1 Å². The summed E-state index contributed by atoms with van der Waals surface area (Å²) in [6.07, 6.45) is 1.60. The molecule has 25 heavy (non-hydrogen) atoms. The zero-order valence-electron chi connectivity index (χ0n) is 13.4. The average molecular weight is 470 g/mol. The summed E-state index contributed by atoms with van der Waals surface area (Å²) in [5.74, 6) is 0.873. The van der Waals surface area contributed by atoms with Crippen LogP contribution in [0.2, 0.25) is 5.02 Å². The summed E-state index contributed by atoms with van der Waals surface area (Å²) in [6, 6.07) is 10.7. The third-order valence-corrected chi connectivity index (χ3v) is 4.51. The minimum Gasteiger partial charge on any atom is -0.497 e. The van der Waals surface area contributed by atoms with Gasteiger partial charge in [-0.05, 0) is 65.1 Å². The molecule has 1 aliphatic rings. The molecule has 2 aromatic rings. The second-order valence-electron chi connectivity index (χ2n) is 5.07. The standard InChI is InChI=1S/C18H13ClINO4/c1-23-12-4-6-16(24-2)10(7-12)8-15-18(22)25-17(21-15)13-9-11(20)3-5-14(13)19/h3-9H,1-2H3. The molecule has 0 fully saturated rings. The van der Waals surface area contributed by atoms with E-state index in [2.05, 4.69) is 27.6 Å². The first-order valence-electron chi connectivity index (χ1n) is 7.22. The van der Waals surface area contributed by atoms with E-state index >= 15 is 0 Å². The van der Waals surface area contributed by atoms with Crippen molar-refractivity contribution in [2.24, 2.45) is 4.99 Å². The largest absolute Gasteiger partial charge is 0.497 e. The van der Waals surface area contributed by atoms with E-state index in [1.54, 1.807) is 44.6 Å². The number of cyclic esters (lactones) is 1. The highest BCUT2D eigenvalue weighted by atomic mass is 127. The molecule has 1 aliphatic heterocycles. The molecule has 128 valence electrons. The fourth-order valence-corrected chi connectivity index (χ4v) is 2.97. The molecule has 0 N–H and O–H groups in total. The van der Waals surface area contributed by atoms with Gasteiger partial charge in [0.25, 0.3) is 0 Å². The Balaban J connectivity index is 2.03. The van der Waals surface area contributed by atoms with Gasteiger partial charge in [-0.15, -0.1) is 0 Å². The molecule has 0 radical (unpaired) electrons. The Hall–Kier alpha value is -2.06. The van der Waals surface area contributed by atoms with E-state index in [1.165, 1.54) is 0 Å². The number of carbonyl (C=O) groups excluding carboxylic acids is 1. The molecule has 0 spiro atoms. The summed E-state index contributed by atoms with van der Waals surface area (Å²) in [6.45, 7) is 0. The highest BCUT2D eigenvalue weighted by molar-refractivity contribution is 14.1. The Morgan fingerprint density at radius 3 is 2.68 bits per heavy atom. The minimum atomic E-state index is -0.546. The Kier molecular flexibility index (Phi) is 5.29. The molecule has 0 amide bonds. The molecule has 5 nitrogen and oxygen atoms in total. The normalized spacial score (nSPS) is 15.1. The Labute approximate surface area is 163 Å². The van der Waals surface area contributed by atoms with Gasteiger partial charge >= 0.3 is 5.97 Å². The van der Waals surface area contributed by atoms with E-state index in [9.17, 15) is 4.79 Å². The minimum absolute atomic E-state index is 0.163. The van der Waals surface area contributed by atoms with Crippen molar-refractivity contribution < 1.29 is 19.0 Å². The van der Waals surface area contributed by atoms with Gasteiger partial charge in [0.2, 0.25) is 5.90 Å². The molecule has 0 saturated heterocycles.